The standard InChI is InChI=1S/C35H70N2/c1-4-7-10-13-15-17-19-21-23-26-29-32-37-34-33-36(35(37)30-27-24-12-9-6-3)31-28-25-22-20-18-16-14-11-8-5-2/h33-35H,4-32H2,1-3H3. The Hall–Kier alpha value is -0.660. The van der Waals surface area contributed by atoms with Gasteiger partial charge in [0.25, 0.3) is 0 Å². The third kappa shape index (κ3) is 20.0. The Labute approximate surface area is 235 Å². The highest BCUT2D eigenvalue weighted by molar-refractivity contribution is 4.97. The van der Waals surface area contributed by atoms with Crippen LogP contribution >= 0.6 is 0 Å². The van der Waals surface area contributed by atoms with Gasteiger partial charge in [0, 0.05) is 25.5 Å². The zero-order chi connectivity index (χ0) is 26.7. The number of rotatable bonds is 29. The Balaban J connectivity index is 2.18. The van der Waals surface area contributed by atoms with Crippen LogP contribution in [0.25, 0.3) is 0 Å². The van der Waals surface area contributed by atoms with Gasteiger partial charge in [0.1, 0.15) is 6.17 Å². The van der Waals surface area contributed by atoms with E-state index in [0.29, 0.717) is 6.17 Å². The summed E-state index contributed by atoms with van der Waals surface area (Å²) in [6.45, 7) is 9.47. The first-order chi connectivity index (χ1) is 18.3. The predicted octanol–water partition coefficient (Wildman–Crippen LogP) is 12.0. The molecule has 0 aromatic heterocycles. The van der Waals surface area contributed by atoms with Gasteiger partial charge >= 0.3 is 0 Å². The Morgan fingerprint density at radius 2 is 0.622 bits per heavy atom. The van der Waals surface area contributed by atoms with Gasteiger partial charge in [0.05, 0.1) is 0 Å². The molecule has 0 amide bonds. The topological polar surface area (TPSA) is 6.48 Å². The Bertz CT molecular complexity index is 474. The van der Waals surface area contributed by atoms with Crippen molar-refractivity contribution in [3.05, 3.63) is 12.4 Å². The molecular weight excluding hydrogens is 448 g/mol. The average molecular weight is 519 g/mol. The first-order valence-corrected chi connectivity index (χ1v) is 17.5. The molecule has 1 atom stereocenters. The summed E-state index contributed by atoms with van der Waals surface area (Å²) in [6, 6.07) is 0. The monoisotopic (exact) mass is 519 g/mol. The summed E-state index contributed by atoms with van der Waals surface area (Å²) in [5, 5.41) is 0. The molecule has 0 N–H and O–H groups in total. The van der Waals surface area contributed by atoms with E-state index >= 15 is 0 Å². The average Bonchev–Trinajstić information content (AvgIpc) is 3.29. The van der Waals surface area contributed by atoms with E-state index in [4.69, 9.17) is 0 Å². The lowest BCUT2D eigenvalue weighted by molar-refractivity contribution is 0.135. The molecule has 0 fully saturated rings. The maximum Gasteiger partial charge on any atom is 0.101 e. The maximum atomic E-state index is 2.70. The van der Waals surface area contributed by atoms with E-state index in [1.807, 2.05) is 0 Å². The van der Waals surface area contributed by atoms with Crippen LogP contribution in [0.2, 0.25) is 0 Å². The summed E-state index contributed by atoms with van der Waals surface area (Å²) in [4.78, 5) is 5.40. The molecule has 0 saturated heterocycles. The normalized spacial score (nSPS) is 15.4. The molecule has 0 bridgehead atoms. The zero-order valence-corrected chi connectivity index (χ0v) is 26.1. The summed E-state index contributed by atoms with van der Waals surface area (Å²) in [5.41, 5.74) is 0. The van der Waals surface area contributed by atoms with Crippen LogP contribution in [0.5, 0.6) is 0 Å². The van der Waals surface area contributed by atoms with Crippen LogP contribution in [-0.2, 0) is 0 Å². The molecule has 37 heavy (non-hydrogen) atoms. The molecule has 0 aliphatic carbocycles. The molecule has 1 aliphatic heterocycles. The van der Waals surface area contributed by atoms with Crippen molar-refractivity contribution in [1.29, 1.82) is 0 Å². The number of hydrogen-bond acceptors (Lipinski definition) is 2. The second-order valence-electron chi connectivity index (χ2n) is 12.2. The summed E-state index contributed by atoms with van der Waals surface area (Å²) in [6.07, 6.45) is 44.0. The molecule has 220 valence electrons. The first kappa shape index (κ1) is 34.4. The summed E-state index contributed by atoms with van der Waals surface area (Å²) in [5.74, 6) is 0. The molecule has 2 heteroatoms. The quantitative estimate of drug-likeness (QED) is 0.0908. The van der Waals surface area contributed by atoms with Crippen LogP contribution < -0.4 is 0 Å². The van der Waals surface area contributed by atoms with Crippen molar-refractivity contribution in [2.45, 2.75) is 200 Å². The van der Waals surface area contributed by atoms with Crippen LogP contribution in [0, 0.1) is 0 Å². The van der Waals surface area contributed by atoms with E-state index in [9.17, 15) is 0 Å². The van der Waals surface area contributed by atoms with Gasteiger partial charge in [-0.25, -0.2) is 0 Å². The molecule has 0 radical (unpaired) electrons. The first-order valence-electron chi connectivity index (χ1n) is 17.5. The minimum atomic E-state index is 0.642. The van der Waals surface area contributed by atoms with E-state index in [0.717, 1.165) is 0 Å². The van der Waals surface area contributed by atoms with Crippen molar-refractivity contribution >= 4 is 0 Å². The molecule has 1 rings (SSSR count). The third-order valence-electron chi connectivity index (χ3n) is 8.57. The van der Waals surface area contributed by atoms with Gasteiger partial charge in [-0.1, -0.05) is 168 Å². The minimum Gasteiger partial charge on any atom is -0.356 e. The molecule has 1 aliphatic rings. The fraction of sp³-hybridized carbons (Fsp3) is 0.943. The highest BCUT2D eigenvalue weighted by Gasteiger charge is 2.24. The van der Waals surface area contributed by atoms with Crippen molar-refractivity contribution in [2.75, 3.05) is 13.1 Å². The Morgan fingerprint density at radius 3 is 0.946 bits per heavy atom. The smallest absolute Gasteiger partial charge is 0.101 e. The largest absolute Gasteiger partial charge is 0.356 e. The highest BCUT2D eigenvalue weighted by Crippen LogP contribution is 2.24. The molecule has 1 heterocycles. The van der Waals surface area contributed by atoms with Crippen molar-refractivity contribution in [1.82, 2.24) is 9.80 Å². The number of nitrogens with zero attached hydrogens (tertiary/aromatic N) is 2. The van der Waals surface area contributed by atoms with Gasteiger partial charge in [-0.3, -0.25) is 0 Å². The minimum absolute atomic E-state index is 0.642. The van der Waals surface area contributed by atoms with Gasteiger partial charge in [-0.2, -0.15) is 0 Å². The molecule has 0 saturated carbocycles. The second kappa shape index (κ2) is 26.9. The zero-order valence-electron chi connectivity index (χ0n) is 26.1. The van der Waals surface area contributed by atoms with Crippen molar-refractivity contribution < 1.29 is 0 Å². The Kier molecular flexibility index (Phi) is 25.0. The van der Waals surface area contributed by atoms with E-state index in [2.05, 4.69) is 43.0 Å². The highest BCUT2D eigenvalue weighted by atomic mass is 15.4. The molecule has 0 aromatic rings. The van der Waals surface area contributed by atoms with E-state index < -0.39 is 0 Å². The molecule has 2 nitrogen and oxygen atoms in total. The predicted molar refractivity (Wildman–Crippen MR) is 168 cm³/mol. The maximum absolute atomic E-state index is 2.70. The molecule has 0 aromatic carbocycles. The second-order valence-corrected chi connectivity index (χ2v) is 12.2. The van der Waals surface area contributed by atoms with Crippen LogP contribution in [0.4, 0.5) is 0 Å². The lowest BCUT2D eigenvalue weighted by Gasteiger charge is -2.33. The van der Waals surface area contributed by atoms with Gasteiger partial charge < -0.3 is 9.80 Å². The lowest BCUT2D eigenvalue weighted by Crippen LogP contribution is -2.39. The van der Waals surface area contributed by atoms with Gasteiger partial charge in [-0.15, -0.1) is 0 Å². The van der Waals surface area contributed by atoms with Crippen LogP contribution in [0.1, 0.15) is 194 Å². The number of unbranched alkanes of at least 4 members (excludes halogenated alkanes) is 23. The SMILES string of the molecule is CCCCCCCCCCCCCN1C=CN(CCCCCCCCCCCC)C1CCCCCCC. The lowest BCUT2D eigenvalue weighted by atomic mass is 10.1. The van der Waals surface area contributed by atoms with Crippen LogP contribution in [-0.4, -0.2) is 29.1 Å². The van der Waals surface area contributed by atoms with Crippen LogP contribution in [0.15, 0.2) is 12.4 Å². The van der Waals surface area contributed by atoms with Crippen molar-refractivity contribution in [2.24, 2.45) is 0 Å². The third-order valence-corrected chi connectivity index (χ3v) is 8.57. The van der Waals surface area contributed by atoms with Gasteiger partial charge in [0.2, 0.25) is 0 Å². The fourth-order valence-corrected chi connectivity index (χ4v) is 6.01. The summed E-state index contributed by atoms with van der Waals surface area (Å²) in [7, 11) is 0. The van der Waals surface area contributed by atoms with Crippen molar-refractivity contribution in [3.8, 4) is 0 Å². The fourth-order valence-electron chi connectivity index (χ4n) is 6.01. The van der Waals surface area contributed by atoms with E-state index in [-0.39, 0.29) is 0 Å². The van der Waals surface area contributed by atoms with E-state index in [1.165, 1.54) is 186 Å². The summed E-state index contributed by atoms with van der Waals surface area (Å²) >= 11 is 0. The van der Waals surface area contributed by atoms with Gasteiger partial charge in [0.15, 0.2) is 0 Å². The van der Waals surface area contributed by atoms with E-state index in [1.54, 1.807) is 0 Å². The van der Waals surface area contributed by atoms with Gasteiger partial charge in [-0.05, 0) is 25.7 Å². The number of hydrogen-bond donors (Lipinski definition) is 0. The van der Waals surface area contributed by atoms with Crippen LogP contribution in [0.3, 0.4) is 0 Å². The summed E-state index contributed by atoms with van der Waals surface area (Å²) < 4.78 is 0. The Morgan fingerprint density at radius 1 is 0.351 bits per heavy atom. The molecular formula is C35H70N2. The van der Waals surface area contributed by atoms with Crippen molar-refractivity contribution in [3.63, 3.8) is 0 Å². The molecule has 0 spiro atoms. The molecule has 1 unspecified atom stereocenters.